The van der Waals surface area contributed by atoms with Gasteiger partial charge in [0.05, 0.1) is 12.5 Å². The number of carboxylic acid groups (broad SMARTS) is 1. The molecule has 3 atom stereocenters. The van der Waals surface area contributed by atoms with Crippen LogP contribution >= 0.6 is 0 Å². The van der Waals surface area contributed by atoms with Crippen molar-refractivity contribution in [3.63, 3.8) is 0 Å². The molecule has 10 nitrogen and oxygen atoms in total. The molecule has 10 heteroatoms. The lowest BCUT2D eigenvalue weighted by atomic mass is 9.84. The second-order valence-corrected chi connectivity index (χ2v) is 10.4. The van der Waals surface area contributed by atoms with Crippen LogP contribution in [0.25, 0.3) is 0 Å². The third-order valence-electron chi connectivity index (χ3n) is 7.92. The van der Waals surface area contributed by atoms with Gasteiger partial charge in [-0.15, -0.1) is 0 Å². The van der Waals surface area contributed by atoms with Gasteiger partial charge in [-0.1, -0.05) is 32.8 Å². The Balaban J connectivity index is 1.59. The molecule has 0 bridgehead atoms. The van der Waals surface area contributed by atoms with Crippen molar-refractivity contribution in [3.05, 3.63) is 23.8 Å². The Labute approximate surface area is 223 Å². The highest BCUT2D eigenvalue weighted by Gasteiger charge is 2.48. The molecule has 0 aliphatic carbocycles. The minimum Gasteiger partial charge on any atom is -0.481 e. The maximum absolute atomic E-state index is 13.5. The second-order valence-electron chi connectivity index (χ2n) is 10.4. The number of aliphatic carboxylic acids is 1. The van der Waals surface area contributed by atoms with Gasteiger partial charge in [0.15, 0.2) is 11.5 Å². The Hall–Kier alpha value is -3.14. The number of carbonyl (C=O) groups is 4. The summed E-state index contributed by atoms with van der Waals surface area (Å²) in [6.45, 7) is 6.30. The molecule has 1 aromatic carbocycles. The van der Waals surface area contributed by atoms with Gasteiger partial charge in [-0.2, -0.15) is 0 Å². The summed E-state index contributed by atoms with van der Waals surface area (Å²) in [5.41, 5.74) is 0.809. The van der Waals surface area contributed by atoms with E-state index in [9.17, 15) is 24.3 Å². The molecule has 4 rings (SSSR count). The number of unbranched alkanes of at least 4 members (excludes halogenated alkanes) is 2. The molecule has 0 spiro atoms. The topological polar surface area (TPSA) is 117 Å². The van der Waals surface area contributed by atoms with Crippen LogP contribution in [0.1, 0.15) is 70.3 Å². The minimum absolute atomic E-state index is 0.0132. The molecule has 2 saturated heterocycles. The number of amides is 3. The standard InChI is InChI=1S/C28H39N3O7/c1-3-5-12-29(13-6-4-2)26(34)17-30-16-20(19-7-8-22-23(15-19)38-18-37-22)27(28(35)36)21(30)11-14-31-24(32)9-10-25(31)33/h7-8,15,20-21,27H,3-6,9-14,16-18H2,1-2H3,(H,35,36)/t20-,21-,27+/m1/s1. The number of fused-ring (bicyclic) bond motifs is 1. The van der Waals surface area contributed by atoms with E-state index >= 15 is 0 Å². The van der Waals surface area contributed by atoms with E-state index in [1.54, 1.807) is 6.07 Å². The molecular weight excluding hydrogens is 490 g/mol. The molecule has 0 unspecified atom stereocenters. The van der Waals surface area contributed by atoms with E-state index in [-0.39, 0.29) is 56.4 Å². The SMILES string of the molecule is CCCCN(CCCC)C(=O)CN1C[C@H](c2ccc3c(c2)OCO3)[C@H](C(=O)O)[C@H]1CCN1C(=O)CCC1=O. The van der Waals surface area contributed by atoms with E-state index in [0.717, 1.165) is 31.2 Å². The molecule has 1 aromatic rings. The summed E-state index contributed by atoms with van der Waals surface area (Å²) in [6, 6.07) is 4.97. The molecular formula is C28H39N3O7. The molecule has 3 aliphatic heterocycles. The molecule has 38 heavy (non-hydrogen) atoms. The summed E-state index contributed by atoms with van der Waals surface area (Å²) in [5, 5.41) is 10.4. The Morgan fingerprint density at radius 3 is 2.32 bits per heavy atom. The average Bonchev–Trinajstić information content (AvgIpc) is 3.59. The zero-order valence-electron chi connectivity index (χ0n) is 22.4. The van der Waals surface area contributed by atoms with Crippen LogP contribution in [0.5, 0.6) is 11.5 Å². The van der Waals surface area contributed by atoms with Crippen LogP contribution in [0.4, 0.5) is 0 Å². The Morgan fingerprint density at radius 1 is 1.03 bits per heavy atom. The molecule has 0 aromatic heterocycles. The number of carboxylic acids is 1. The molecule has 1 N–H and O–H groups in total. The van der Waals surface area contributed by atoms with Gasteiger partial charge in [0.25, 0.3) is 0 Å². The van der Waals surface area contributed by atoms with Crippen molar-refractivity contribution >= 4 is 23.7 Å². The summed E-state index contributed by atoms with van der Waals surface area (Å²) >= 11 is 0. The Kier molecular flexibility index (Phi) is 9.25. The smallest absolute Gasteiger partial charge is 0.308 e. The quantitative estimate of drug-likeness (QED) is 0.388. The number of hydrogen-bond acceptors (Lipinski definition) is 7. The van der Waals surface area contributed by atoms with Crippen LogP contribution in [-0.2, 0) is 19.2 Å². The van der Waals surface area contributed by atoms with E-state index in [4.69, 9.17) is 9.47 Å². The van der Waals surface area contributed by atoms with Gasteiger partial charge in [-0.25, -0.2) is 0 Å². The largest absolute Gasteiger partial charge is 0.481 e. The van der Waals surface area contributed by atoms with Crippen LogP contribution in [0.2, 0.25) is 0 Å². The van der Waals surface area contributed by atoms with Gasteiger partial charge in [-0.3, -0.25) is 29.0 Å². The highest BCUT2D eigenvalue weighted by molar-refractivity contribution is 6.01. The Bertz CT molecular complexity index is 1020. The number of hydrogen-bond donors (Lipinski definition) is 1. The predicted molar refractivity (Wildman–Crippen MR) is 139 cm³/mol. The number of carbonyl (C=O) groups excluding carboxylic acids is 3. The lowest BCUT2D eigenvalue weighted by molar-refractivity contribution is -0.144. The number of benzene rings is 1. The number of likely N-dealkylation sites (tertiary alicyclic amines) is 2. The first-order valence-corrected chi connectivity index (χ1v) is 13.8. The summed E-state index contributed by atoms with van der Waals surface area (Å²) < 4.78 is 11.0. The molecule has 2 fully saturated rings. The van der Waals surface area contributed by atoms with Gasteiger partial charge >= 0.3 is 5.97 Å². The fraction of sp³-hybridized carbons (Fsp3) is 0.643. The van der Waals surface area contributed by atoms with Crippen molar-refractivity contribution in [2.75, 3.05) is 39.5 Å². The van der Waals surface area contributed by atoms with Crippen molar-refractivity contribution in [1.29, 1.82) is 0 Å². The van der Waals surface area contributed by atoms with Crippen molar-refractivity contribution in [2.45, 2.75) is 70.8 Å². The average molecular weight is 530 g/mol. The van der Waals surface area contributed by atoms with E-state index < -0.39 is 17.9 Å². The van der Waals surface area contributed by atoms with Gasteiger partial charge in [0.1, 0.15) is 0 Å². The summed E-state index contributed by atoms with van der Waals surface area (Å²) in [7, 11) is 0. The number of nitrogens with zero attached hydrogens (tertiary/aromatic N) is 3. The molecule has 3 aliphatic rings. The molecule has 208 valence electrons. The minimum atomic E-state index is -0.958. The maximum atomic E-state index is 13.5. The van der Waals surface area contributed by atoms with E-state index in [2.05, 4.69) is 13.8 Å². The zero-order chi connectivity index (χ0) is 27.2. The number of imide groups is 1. The third kappa shape index (κ3) is 6.11. The van der Waals surface area contributed by atoms with Crippen LogP contribution in [0.3, 0.4) is 0 Å². The maximum Gasteiger partial charge on any atom is 0.308 e. The van der Waals surface area contributed by atoms with Crippen molar-refractivity contribution in [2.24, 2.45) is 5.92 Å². The zero-order valence-corrected chi connectivity index (χ0v) is 22.4. The lowest BCUT2D eigenvalue weighted by Crippen LogP contribution is -2.46. The third-order valence-corrected chi connectivity index (χ3v) is 7.92. The molecule has 3 amide bonds. The summed E-state index contributed by atoms with van der Waals surface area (Å²) in [6.07, 6.45) is 4.47. The first-order valence-electron chi connectivity index (χ1n) is 13.8. The fourth-order valence-electron chi connectivity index (χ4n) is 5.80. The van der Waals surface area contributed by atoms with E-state index in [1.807, 2.05) is 21.9 Å². The van der Waals surface area contributed by atoms with E-state index in [1.165, 1.54) is 4.90 Å². The Morgan fingerprint density at radius 2 is 1.68 bits per heavy atom. The van der Waals surface area contributed by atoms with Crippen LogP contribution in [0, 0.1) is 5.92 Å². The molecule has 0 radical (unpaired) electrons. The molecule has 3 heterocycles. The number of ether oxygens (including phenoxy) is 2. The van der Waals surface area contributed by atoms with Crippen molar-refractivity contribution in [1.82, 2.24) is 14.7 Å². The first-order chi connectivity index (χ1) is 18.3. The lowest BCUT2D eigenvalue weighted by Gasteiger charge is -2.30. The van der Waals surface area contributed by atoms with Gasteiger partial charge in [0.2, 0.25) is 24.5 Å². The fourth-order valence-corrected chi connectivity index (χ4v) is 5.80. The highest BCUT2D eigenvalue weighted by Crippen LogP contribution is 2.42. The number of rotatable bonds is 13. The van der Waals surface area contributed by atoms with Crippen LogP contribution < -0.4 is 9.47 Å². The summed E-state index contributed by atoms with van der Waals surface area (Å²) in [5.74, 6) is -1.41. The normalized spacial score (nSPS) is 22.9. The molecule has 0 saturated carbocycles. The summed E-state index contributed by atoms with van der Waals surface area (Å²) in [4.78, 5) is 55.7. The van der Waals surface area contributed by atoms with Gasteiger partial charge < -0.3 is 19.5 Å². The highest BCUT2D eigenvalue weighted by atomic mass is 16.7. The van der Waals surface area contributed by atoms with Gasteiger partial charge in [0, 0.05) is 51.0 Å². The second kappa shape index (κ2) is 12.6. The predicted octanol–water partition coefficient (Wildman–Crippen LogP) is 2.85. The first kappa shape index (κ1) is 27.9. The van der Waals surface area contributed by atoms with Gasteiger partial charge in [-0.05, 0) is 37.0 Å². The van der Waals surface area contributed by atoms with Crippen molar-refractivity contribution in [3.8, 4) is 11.5 Å². The van der Waals surface area contributed by atoms with Crippen molar-refractivity contribution < 1.29 is 33.8 Å². The van der Waals surface area contributed by atoms with Crippen LogP contribution in [0.15, 0.2) is 18.2 Å². The van der Waals surface area contributed by atoms with E-state index in [0.29, 0.717) is 37.6 Å². The van der Waals surface area contributed by atoms with Crippen LogP contribution in [-0.4, -0.2) is 89.1 Å². The monoisotopic (exact) mass is 529 g/mol.